The predicted octanol–water partition coefficient (Wildman–Crippen LogP) is 5.89. The monoisotopic (exact) mass is 488 g/mol. The molecule has 0 saturated heterocycles. The first-order valence-electron chi connectivity index (χ1n) is 11.0. The molecular weight excluding hydrogens is 469 g/mol. The first-order chi connectivity index (χ1) is 17.4. The molecule has 5 rings (SSSR count). The van der Waals surface area contributed by atoms with Crippen LogP contribution in [0.25, 0.3) is 11.3 Å². The molecule has 1 atom stereocenters. The second-order valence-electron chi connectivity index (χ2n) is 8.13. The Morgan fingerprint density at radius 2 is 1.69 bits per heavy atom. The van der Waals surface area contributed by atoms with E-state index < -0.39 is 17.7 Å². The summed E-state index contributed by atoms with van der Waals surface area (Å²) in [7, 11) is 0. The number of aromatic amines is 1. The second kappa shape index (κ2) is 9.15. The van der Waals surface area contributed by atoms with E-state index in [4.69, 9.17) is 15.2 Å². The van der Waals surface area contributed by atoms with Gasteiger partial charge >= 0.3 is 6.18 Å². The number of ether oxygens (including phenoxy) is 2. The highest BCUT2D eigenvalue weighted by Gasteiger charge is 2.41. The number of hydrogen-bond acceptors (Lipinski definition) is 5. The van der Waals surface area contributed by atoms with E-state index in [0.717, 1.165) is 11.6 Å². The number of fused-ring (bicyclic) bond motifs is 1. The van der Waals surface area contributed by atoms with Crippen molar-refractivity contribution in [2.24, 2.45) is 5.73 Å². The minimum atomic E-state index is -4.63. The molecule has 1 aliphatic heterocycles. The summed E-state index contributed by atoms with van der Waals surface area (Å²) in [6, 6.07) is 23.8. The molecule has 4 aromatic rings. The van der Waals surface area contributed by atoms with Crippen LogP contribution in [0, 0.1) is 11.3 Å². The lowest BCUT2D eigenvalue weighted by molar-refractivity contribution is -0.138. The van der Waals surface area contributed by atoms with Crippen molar-refractivity contribution in [1.82, 2.24) is 10.2 Å². The molecule has 0 aliphatic carbocycles. The number of nitriles is 1. The van der Waals surface area contributed by atoms with Gasteiger partial charge in [-0.2, -0.15) is 18.4 Å². The van der Waals surface area contributed by atoms with Crippen molar-refractivity contribution in [2.75, 3.05) is 0 Å². The summed E-state index contributed by atoms with van der Waals surface area (Å²) in [5.74, 6) is -0.769. The number of alkyl halides is 3. The van der Waals surface area contributed by atoms with Crippen LogP contribution in [0.5, 0.6) is 11.6 Å². The van der Waals surface area contributed by atoms with Crippen molar-refractivity contribution < 1.29 is 22.6 Å². The summed E-state index contributed by atoms with van der Waals surface area (Å²) in [5.41, 5.74) is 7.20. The van der Waals surface area contributed by atoms with Gasteiger partial charge in [0.15, 0.2) is 0 Å². The lowest BCUT2D eigenvalue weighted by Crippen LogP contribution is -2.23. The molecule has 2 heterocycles. The number of H-pyrrole nitrogens is 1. The van der Waals surface area contributed by atoms with Crippen LogP contribution in [-0.4, -0.2) is 10.2 Å². The molecule has 9 heteroatoms. The van der Waals surface area contributed by atoms with E-state index in [1.807, 2.05) is 36.4 Å². The van der Waals surface area contributed by atoms with Crippen LogP contribution in [0.2, 0.25) is 0 Å². The van der Waals surface area contributed by atoms with Crippen molar-refractivity contribution in [3.63, 3.8) is 0 Å². The Morgan fingerprint density at radius 1 is 1.00 bits per heavy atom. The van der Waals surface area contributed by atoms with Gasteiger partial charge < -0.3 is 15.2 Å². The molecule has 36 heavy (non-hydrogen) atoms. The zero-order chi connectivity index (χ0) is 25.3. The molecule has 180 valence electrons. The van der Waals surface area contributed by atoms with Gasteiger partial charge in [0.25, 0.3) is 0 Å². The highest BCUT2D eigenvalue weighted by atomic mass is 19.4. The molecule has 6 nitrogen and oxygen atoms in total. The van der Waals surface area contributed by atoms with Crippen LogP contribution in [0.4, 0.5) is 13.2 Å². The smallest absolute Gasteiger partial charge is 0.416 e. The van der Waals surface area contributed by atoms with E-state index >= 15 is 0 Å². The van der Waals surface area contributed by atoms with E-state index in [1.165, 1.54) is 18.2 Å². The Balaban J connectivity index is 1.54. The zero-order valence-electron chi connectivity index (χ0n) is 18.7. The van der Waals surface area contributed by atoms with Gasteiger partial charge in [-0.25, -0.2) is 0 Å². The molecular formula is C27H19F3N4O2. The lowest BCUT2D eigenvalue weighted by Gasteiger charge is -2.26. The minimum Gasteiger partial charge on any atom is -0.489 e. The second-order valence-corrected chi connectivity index (χ2v) is 8.13. The molecule has 0 unspecified atom stereocenters. The van der Waals surface area contributed by atoms with Gasteiger partial charge in [0.05, 0.1) is 22.7 Å². The molecule has 0 bridgehead atoms. The lowest BCUT2D eigenvalue weighted by atomic mass is 9.81. The Kier molecular flexibility index (Phi) is 5.86. The number of nitrogens with zero attached hydrogens (tertiary/aromatic N) is 2. The predicted molar refractivity (Wildman–Crippen MR) is 126 cm³/mol. The maximum absolute atomic E-state index is 13.9. The zero-order valence-corrected chi connectivity index (χ0v) is 18.7. The van der Waals surface area contributed by atoms with E-state index in [2.05, 4.69) is 10.2 Å². The Labute approximate surface area is 204 Å². The van der Waals surface area contributed by atoms with Gasteiger partial charge in [-0.15, -0.1) is 5.10 Å². The number of allylic oxidation sites excluding steroid dienone is 1. The number of nitrogens with one attached hydrogen (secondary N) is 1. The molecule has 3 aromatic carbocycles. The van der Waals surface area contributed by atoms with Gasteiger partial charge in [-0.05, 0) is 41.5 Å². The van der Waals surface area contributed by atoms with E-state index in [9.17, 15) is 18.4 Å². The first kappa shape index (κ1) is 23.1. The van der Waals surface area contributed by atoms with Crippen LogP contribution in [0.3, 0.4) is 0 Å². The van der Waals surface area contributed by atoms with Gasteiger partial charge in [0, 0.05) is 5.56 Å². The summed E-state index contributed by atoms with van der Waals surface area (Å²) < 4.78 is 53.0. The molecule has 1 aromatic heterocycles. The van der Waals surface area contributed by atoms with Crippen LogP contribution < -0.4 is 15.2 Å². The van der Waals surface area contributed by atoms with Crippen molar-refractivity contribution in [2.45, 2.75) is 18.7 Å². The number of hydrogen-bond donors (Lipinski definition) is 2. The maximum Gasteiger partial charge on any atom is 0.416 e. The Morgan fingerprint density at radius 3 is 2.39 bits per heavy atom. The molecule has 3 N–H and O–H groups in total. The largest absolute Gasteiger partial charge is 0.489 e. The average Bonchev–Trinajstić information content (AvgIpc) is 3.30. The van der Waals surface area contributed by atoms with Crippen molar-refractivity contribution >= 4 is 0 Å². The molecule has 0 fully saturated rings. The van der Waals surface area contributed by atoms with Crippen molar-refractivity contribution in [3.05, 3.63) is 113 Å². The fourth-order valence-electron chi connectivity index (χ4n) is 4.24. The number of halogens is 3. The SMILES string of the molecule is N#CC1=C(N)Oc2n[nH]c(-c3ccc(OCc4ccccc4)cc3)c2[C@H]1c1ccccc1C(F)(F)F. The topological polar surface area (TPSA) is 97.0 Å². The van der Waals surface area contributed by atoms with Crippen LogP contribution in [-0.2, 0) is 12.8 Å². The summed E-state index contributed by atoms with van der Waals surface area (Å²) in [6.45, 7) is 0.388. The van der Waals surface area contributed by atoms with Gasteiger partial charge in [-0.3, -0.25) is 5.10 Å². The fourth-order valence-corrected chi connectivity index (χ4v) is 4.24. The number of benzene rings is 3. The highest BCUT2D eigenvalue weighted by Crippen LogP contribution is 2.48. The average molecular weight is 488 g/mol. The summed E-state index contributed by atoms with van der Waals surface area (Å²) >= 11 is 0. The van der Waals surface area contributed by atoms with Gasteiger partial charge in [0.2, 0.25) is 11.8 Å². The van der Waals surface area contributed by atoms with Crippen molar-refractivity contribution in [1.29, 1.82) is 5.26 Å². The van der Waals surface area contributed by atoms with Crippen molar-refractivity contribution in [3.8, 4) is 29.0 Å². The maximum atomic E-state index is 13.9. The van der Waals surface area contributed by atoms with Gasteiger partial charge in [-0.1, -0.05) is 48.5 Å². The third kappa shape index (κ3) is 4.25. The van der Waals surface area contributed by atoms with E-state index in [-0.39, 0.29) is 22.9 Å². The first-order valence-corrected chi connectivity index (χ1v) is 11.0. The van der Waals surface area contributed by atoms with E-state index in [1.54, 1.807) is 24.3 Å². The number of rotatable bonds is 5. The Bertz CT molecular complexity index is 1470. The number of nitrogens with two attached hydrogens (primary N) is 1. The van der Waals surface area contributed by atoms with Gasteiger partial charge in [0.1, 0.15) is 24.0 Å². The number of aromatic nitrogens is 2. The van der Waals surface area contributed by atoms with Crippen LogP contribution in [0.1, 0.15) is 28.2 Å². The van der Waals surface area contributed by atoms with Crippen LogP contribution >= 0.6 is 0 Å². The standard InChI is InChI=1S/C27H19F3N4O2/c28-27(29,30)21-9-5-4-8-19(21)22-20(14-31)25(32)36-26-23(22)24(33-34-26)17-10-12-18(13-11-17)35-15-16-6-2-1-3-7-16/h1-13,22H,15,32H2,(H,33,34)/t22-/m0/s1. The fraction of sp³-hybridized carbons (Fsp3) is 0.111. The summed E-state index contributed by atoms with van der Waals surface area (Å²) in [4.78, 5) is 0. The molecule has 0 saturated carbocycles. The molecule has 0 amide bonds. The Hall–Kier alpha value is -4.71. The third-order valence-electron chi connectivity index (χ3n) is 5.91. The molecule has 0 spiro atoms. The van der Waals surface area contributed by atoms with Crippen LogP contribution in [0.15, 0.2) is 90.3 Å². The van der Waals surface area contributed by atoms with E-state index in [0.29, 0.717) is 29.2 Å². The molecule has 0 radical (unpaired) electrons. The summed E-state index contributed by atoms with van der Waals surface area (Å²) in [6.07, 6.45) is -4.63. The summed E-state index contributed by atoms with van der Waals surface area (Å²) in [5, 5.41) is 16.8. The minimum absolute atomic E-state index is 0.0212. The quantitative estimate of drug-likeness (QED) is 0.365. The normalized spacial score (nSPS) is 15.1. The third-order valence-corrected chi connectivity index (χ3v) is 5.91. The molecule has 1 aliphatic rings. The highest BCUT2D eigenvalue weighted by molar-refractivity contribution is 5.71.